The first-order valence-electron chi connectivity index (χ1n) is 8.82. The number of rotatable bonds is 6. The Hall–Kier alpha value is -3.08. The largest absolute Gasteiger partial charge is 0.372 e. The van der Waals surface area contributed by atoms with Crippen LogP contribution in [0.15, 0.2) is 59.1 Å². The van der Waals surface area contributed by atoms with Crippen molar-refractivity contribution in [1.29, 1.82) is 0 Å². The van der Waals surface area contributed by atoms with Gasteiger partial charge in [0.05, 0.1) is 0 Å². The molecule has 3 rings (SSSR count). The van der Waals surface area contributed by atoms with Gasteiger partial charge in [-0.1, -0.05) is 35.5 Å². The molecule has 0 aliphatic heterocycles. The summed E-state index contributed by atoms with van der Waals surface area (Å²) in [5.41, 5.74) is 3.75. The molecule has 0 saturated carbocycles. The summed E-state index contributed by atoms with van der Waals surface area (Å²) in [4.78, 5) is 15.1. The Bertz CT molecular complexity index is 866. The van der Waals surface area contributed by atoms with Crippen LogP contribution < -0.4 is 10.2 Å². The standard InChI is InChI=1S/C21H23N3O2/c1-4-24(5-2)18-13-11-17(12-14-18)22-21(25)19-15(3)26-23-20(19)16-9-7-6-8-10-16/h6-14H,4-5H2,1-3H3,(H,22,25). The molecule has 3 aromatic rings. The lowest BCUT2D eigenvalue weighted by atomic mass is 10.1. The fourth-order valence-electron chi connectivity index (χ4n) is 2.97. The summed E-state index contributed by atoms with van der Waals surface area (Å²) in [7, 11) is 0. The molecule has 0 aliphatic rings. The van der Waals surface area contributed by atoms with Gasteiger partial charge in [-0.15, -0.1) is 0 Å². The topological polar surface area (TPSA) is 58.4 Å². The zero-order chi connectivity index (χ0) is 18.5. The van der Waals surface area contributed by atoms with Crippen LogP contribution in [0.2, 0.25) is 0 Å². The summed E-state index contributed by atoms with van der Waals surface area (Å²) in [5.74, 6) is 0.277. The number of amides is 1. The molecule has 0 bridgehead atoms. The second-order valence-corrected chi connectivity index (χ2v) is 6.00. The molecule has 5 nitrogen and oxygen atoms in total. The summed E-state index contributed by atoms with van der Waals surface area (Å²) < 4.78 is 5.27. The van der Waals surface area contributed by atoms with Gasteiger partial charge in [-0.3, -0.25) is 4.79 Å². The number of anilines is 2. The molecule has 0 atom stereocenters. The van der Waals surface area contributed by atoms with Gasteiger partial charge in [-0.2, -0.15) is 0 Å². The van der Waals surface area contributed by atoms with Crippen LogP contribution >= 0.6 is 0 Å². The third kappa shape index (κ3) is 3.61. The molecule has 134 valence electrons. The van der Waals surface area contributed by atoms with E-state index in [1.54, 1.807) is 6.92 Å². The van der Waals surface area contributed by atoms with Crippen molar-refractivity contribution in [2.24, 2.45) is 0 Å². The third-order valence-electron chi connectivity index (χ3n) is 4.39. The lowest BCUT2D eigenvalue weighted by molar-refractivity contribution is 0.102. The quantitative estimate of drug-likeness (QED) is 0.698. The normalized spacial score (nSPS) is 10.6. The minimum atomic E-state index is -0.224. The molecular weight excluding hydrogens is 326 g/mol. The maximum absolute atomic E-state index is 12.8. The average Bonchev–Trinajstić information content (AvgIpc) is 3.06. The van der Waals surface area contributed by atoms with E-state index in [-0.39, 0.29) is 5.91 Å². The summed E-state index contributed by atoms with van der Waals surface area (Å²) in [6.45, 7) is 7.89. The molecule has 1 heterocycles. The van der Waals surface area contributed by atoms with E-state index in [2.05, 4.69) is 29.2 Å². The number of aryl methyl sites for hydroxylation is 1. The molecular formula is C21H23N3O2. The van der Waals surface area contributed by atoms with Gasteiger partial charge in [0.1, 0.15) is 17.0 Å². The van der Waals surface area contributed by atoms with E-state index in [4.69, 9.17) is 4.52 Å². The predicted octanol–water partition coefficient (Wildman–Crippen LogP) is 4.75. The maximum atomic E-state index is 12.8. The molecule has 0 unspecified atom stereocenters. The highest BCUT2D eigenvalue weighted by Gasteiger charge is 2.21. The lowest BCUT2D eigenvalue weighted by Crippen LogP contribution is -2.21. The summed E-state index contributed by atoms with van der Waals surface area (Å²) >= 11 is 0. The van der Waals surface area contributed by atoms with Crippen LogP contribution in [0, 0.1) is 6.92 Å². The van der Waals surface area contributed by atoms with Crippen LogP contribution in [-0.4, -0.2) is 24.2 Å². The first kappa shape index (κ1) is 17.7. The number of aromatic nitrogens is 1. The van der Waals surface area contributed by atoms with E-state index in [0.29, 0.717) is 17.0 Å². The van der Waals surface area contributed by atoms with Crippen LogP contribution in [0.1, 0.15) is 30.0 Å². The van der Waals surface area contributed by atoms with E-state index < -0.39 is 0 Å². The molecule has 1 N–H and O–H groups in total. The molecule has 0 radical (unpaired) electrons. The maximum Gasteiger partial charge on any atom is 0.261 e. The highest BCUT2D eigenvalue weighted by molar-refractivity contribution is 6.08. The zero-order valence-electron chi connectivity index (χ0n) is 15.3. The van der Waals surface area contributed by atoms with Crippen LogP contribution in [0.5, 0.6) is 0 Å². The van der Waals surface area contributed by atoms with E-state index in [0.717, 1.165) is 30.0 Å². The molecule has 1 aromatic heterocycles. The molecule has 0 spiro atoms. The van der Waals surface area contributed by atoms with Crippen molar-refractivity contribution in [3.05, 3.63) is 65.9 Å². The van der Waals surface area contributed by atoms with Crippen LogP contribution in [0.25, 0.3) is 11.3 Å². The molecule has 2 aromatic carbocycles. The van der Waals surface area contributed by atoms with Gasteiger partial charge in [0.15, 0.2) is 0 Å². The van der Waals surface area contributed by atoms with Gasteiger partial charge < -0.3 is 14.7 Å². The van der Waals surface area contributed by atoms with Crippen LogP contribution in [0.3, 0.4) is 0 Å². The number of nitrogens with one attached hydrogen (secondary N) is 1. The molecule has 0 aliphatic carbocycles. The minimum absolute atomic E-state index is 0.224. The average molecular weight is 349 g/mol. The third-order valence-corrected chi connectivity index (χ3v) is 4.39. The minimum Gasteiger partial charge on any atom is -0.372 e. The monoisotopic (exact) mass is 349 g/mol. The van der Waals surface area contributed by atoms with Gasteiger partial charge in [0.25, 0.3) is 5.91 Å². The highest BCUT2D eigenvalue weighted by atomic mass is 16.5. The van der Waals surface area contributed by atoms with E-state index in [1.165, 1.54) is 0 Å². The van der Waals surface area contributed by atoms with Gasteiger partial charge in [0, 0.05) is 30.0 Å². The Morgan fingerprint density at radius 2 is 1.69 bits per heavy atom. The van der Waals surface area contributed by atoms with Gasteiger partial charge >= 0.3 is 0 Å². The molecule has 0 fully saturated rings. The van der Waals surface area contributed by atoms with Crippen LogP contribution in [-0.2, 0) is 0 Å². The van der Waals surface area contributed by atoms with E-state index in [9.17, 15) is 4.79 Å². The molecule has 26 heavy (non-hydrogen) atoms. The van der Waals surface area contributed by atoms with Crippen LogP contribution in [0.4, 0.5) is 11.4 Å². The number of hydrogen-bond acceptors (Lipinski definition) is 4. The summed E-state index contributed by atoms with van der Waals surface area (Å²) in [5, 5.41) is 7.01. The first-order valence-corrected chi connectivity index (χ1v) is 8.82. The van der Waals surface area contributed by atoms with Gasteiger partial charge in [-0.25, -0.2) is 0 Å². The van der Waals surface area contributed by atoms with Crippen molar-refractivity contribution in [3.63, 3.8) is 0 Å². The second kappa shape index (κ2) is 7.87. The van der Waals surface area contributed by atoms with Crippen molar-refractivity contribution >= 4 is 17.3 Å². The molecule has 1 amide bonds. The zero-order valence-corrected chi connectivity index (χ0v) is 15.3. The fraction of sp³-hybridized carbons (Fsp3) is 0.238. The number of nitrogens with zero attached hydrogens (tertiary/aromatic N) is 2. The van der Waals surface area contributed by atoms with Crippen molar-refractivity contribution in [1.82, 2.24) is 5.16 Å². The first-order chi connectivity index (χ1) is 12.6. The predicted molar refractivity (Wildman–Crippen MR) is 105 cm³/mol. The lowest BCUT2D eigenvalue weighted by Gasteiger charge is -2.21. The van der Waals surface area contributed by atoms with E-state index in [1.807, 2.05) is 54.6 Å². The van der Waals surface area contributed by atoms with Gasteiger partial charge in [0.2, 0.25) is 0 Å². The second-order valence-electron chi connectivity index (χ2n) is 6.00. The number of benzene rings is 2. The smallest absolute Gasteiger partial charge is 0.261 e. The number of hydrogen-bond donors (Lipinski definition) is 1. The van der Waals surface area contributed by atoms with Crippen molar-refractivity contribution < 1.29 is 9.32 Å². The summed E-state index contributed by atoms with van der Waals surface area (Å²) in [6.07, 6.45) is 0. The highest BCUT2D eigenvalue weighted by Crippen LogP contribution is 2.26. The van der Waals surface area contributed by atoms with Crippen molar-refractivity contribution in [2.75, 3.05) is 23.3 Å². The molecule has 0 saturated heterocycles. The Balaban J connectivity index is 1.82. The Labute approximate surface area is 153 Å². The Morgan fingerprint density at radius 3 is 2.31 bits per heavy atom. The van der Waals surface area contributed by atoms with Gasteiger partial charge in [-0.05, 0) is 45.0 Å². The number of carbonyl (C=O) groups is 1. The molecule has 5 heteroatoms. The Morgan fingerprint density at radius 1 is 1.04 bits per heavy atom. The van der Waals surface area contributed by atoms with Crippen molar-refractivity contribution in [2.45, 2.75) is 20.8 Å². The Kier molecular flexibility index (Phi) is 5.37. The summed E-state index contributed by atoms with van der Waals surface area (Å²) in [6, 6.07) is 17.4. The number of carbonyl (C=O) groups excluding carboxylic acids is 1. The van der Waals surface area contributed by atoms with Crippen molar-refractivity contribution in [3.8, 4) is 11.3 Å². The SMILES string of the molecule is CCN(CC)c1ccc(NC(=O)c2c(-c3ccccc3)noc2C)cc1. The van der Waals surface area contributed by atoms with E-state index >= 15 is 0 Å². The fourth-order valence-corrected chi connectivity index (χ4v) is 2.97.